The monoisotopic (exact) mass is 520 g/mol. The zero-order valence-electron chi connectivity index (χ0n) is 18.3. The molecule has 0 aliphatic heterocycles. The minimum absolute atomic E-state index is 0.0286. The first-order valence-electron chi connectivity index (χ1n) is 10.7. The zero-order chi connectivity index (χ0) is 24.1. The lowest BCUT2D eigenvalue weighted by molar-refractivity contribution is -0.384. The molecule has 0 saturated heterocycles. The van der Waals surface area contributed by atoms with Gasteiger partial charge in [-0.15, -0.1) is 0 Å². The molecule has 0 saturated carbocycles. The van der Waals surface area contributed by atoms with Gasteiger partial charge < -0.3 is 4.74 Å². The van der Waals surface area contributed by atoms with Gasteiger partial charge in [0.05, 0.1) is 22.0 Å². The second-order valence-corrected chi connectivity index (χ2v) is 8.50. The molecule has 0 aliphatic rings. The van der Waals surface area contributed by atoms with E-state index in [1.54, 1.807) is 36.5 Å². The molecule has 0 fully saturated rings. The summed E-state index contributed by atoms with van der Waals surface area (Å²) in [6, 6.07) is 19.0. The van der Waals surface area contributed by atoms with Gasteiger partial charge in [-0.3, -0.25) is 14.9 Å². The Kier molecular flexibility index (Phi) is 7.12. The highest BCUT2D eigenvalue weighted by Gasteiger charge is 2.10. The van der Waals surface area contributed by atoms with Crippen molar-refractivity contribution in [2.75, 3.05) is 0 Å². The molecular weight excluding hydrogens is 500 g/mol. The minimum atomic E-state index is -0.432. The summed E-state index contributed by atoms with van der Waals surface area (Å²) in [5, 5.41) is 15.8. The van der Waals surface area contributed by atoms with Gasteiger partial charge in [0.2, 0.25) is 0 Å². The van der Waals surface area contributed by atoms with Crippen molar-refractivity contribution in [2.45, 2.75) is 26.4 Å². The first-order valence-corrected chi connectivity index (χ1v) is 11.5. The fourth-order valence-electron chi connectivity index (χ4n) is 3.40. The Hall–Kier alpha value is -3.85. The topological polar surface area (TPSA) is 99.6 Å². The molecule has 0 radical (unpaired) electrons. The second-order valence-electron chi connectivity index (χ2n) is 7.59. The van der Waals surface area contributed by atoms with E-state index in [4.69, 9.17) is 4.74 Å². The van der Waals surface area contributed by atoms with Gasteiger partial charge in [-0.2, -0.15) is 9.78 Å². The summed E-state index contributed by atoms with van der Waals surface area (Å²) < 4.78 is 7.89. The van der Waals surface area contributed by atoms with Crippen molar-refractivity contribution < 1.29 is 9.66 Å². The Morgan fingerprint density at radius 3 is 2.68 bits per heavy atom. The Labute approximate surface area is 203 Å². The lowest BCUT2D eigenvalue weighted by atomic mass is 10.2. The number of ether oxygens (including phenoxy) is 1. The van der Waals surface area contributed by atoms with Crippen molar-refractivity contribution in [1.29, 1.82) is 0 Å². The Morgan fingerprint density at radius 2 is 1.94 bits per heavy atom. The summed E-state index contributed by atoms with van der Waals surface area (Å²) in [6.07, 6.45) is 3.07. The molecule has 0 N–H and O–H groups in total. The minimum Gasteiger partial charge on any atom is -0.489 e. The predicted molar refractivity (Wildman–Crippen MR) is 135 cm³/mol. The number of non-ortho nitro benzene ring substituents is 1. The molecule has 0 spiro atoms. The molecule has 8 nitrogen and oxygen atoms in total. The number of nitro benzene ring substituents is 1. The van der Waals surface area contributed by atoms with Crippen LogP contribution in [0.2, 0.25) is 0 Å². The van der Waals surface area contributed by atoms with Crippen LogP contribution in [-0.2, 0) is 13.0 Å². The Balaban J connectivity index is 1.52. The highest BCUT2D eigenvalue weighted by molar-refractivity contribution is 9.10. The van der Waals surface area contributed by atoms with Gasteiger partial charge in [0.15, 0.2) is 0 Å². The van der Waals surface area contributed by atoms with Gasteiger partial charge in [0.25, 0.3) is 11.2 Å². The van der Waals surface area contributed by atoms with Crippen molar-refractivity contribution >= 4 is 38.7 Å². The summed E-state index contributed by atoms with van der Waals surface area (Å²) >= 11 is 3.40. The lowest BCUT2D eigenvalue weighted by Gasteiger charge is -2.09. The fourth-order valence-corrected chi connectivity index (χ4v) is 3.76. The van der Waals surface area contributed by atoms with E-state index >= 15 is 0 Å². The number of hydrogen-bond donors (Lipinski definition) is 0. The third-order valence-corrected chi connectivity index (χ3v) is 5.57. The summed E-state index contributed by atoms with van der Waals surface area (Å²) in [5.41, 5.74) is 1.95. The molecule has 172 valence electrons. The van der Waals surface area contributed by atoms with Crippen molar-refractivity contribution in [3.05, 3.63) is 109 Å². The third kappa shape index (κ3) is 5.37. The largest absolute Gasteiger partial charge is 0.489 e. The van der Waals surface area contributed by atoms with Crippen LogP contribution in [0.4, 0.5) is 5.69 Å². The highest BCUT2D eigenvalue weighted by Crippen LogP contribution is 2.18. The number of benzene rings is 3. The van der Waals surface area contributed by atoms with E-state index in [2.05, 4.69) is 26.0 Å². The van der Waals surface area contributed by atoms with Gasteiger partial charge in [0.1, 0.15) is 18.2 Å². The van der Waals surface area contributed by atoms with E-state index in [-0.39, 0.29) is 17.9 Å². The lowest BCUT2D eigenvalue weighted by Crippen LogP contribution is -2.22. The Morgan fingerprint density at radius 1 is 1.15 bits per heavy atom. The van der Waals surface area contributed by atoms with Crippen LogP contribution < -0.4 is 10.3 Å². The molecule has 4 rings (SSSR count). The maximum atomic E-state index is 13.1. The molecule has 0 amide bonds. The molecule has 1 heterocycles. The summed E-state index contributed by atoms with van der Waals surface area (Å²) in [4.78, 5) is 28.2. The quantitative estimate of drug-likeness (QED) is 0.174. The number of aromatic nitrogens is 2. The molecule has 3 aromatic carbocycles. The Bertz CT molecular complexity index is 1430. The summed E-state index contributed by atoms with van der Waals surface area (Å²) in [7, 11) is 0. The molecule has 0 unspecified atom stereocenters. The molecule has 4 aromatic rings. The number of fused-ring (bicyclic) bond motifs is 1. The first kappa shape index (κ1) is 23.3. The maximum Gasteiger partial charge on any atom is 0.282 e. The van der Waals surface area contributed by atoms with E-state index in [0.29, 0.717) is 34.5 Å². The number of aryl methyl sites for hydroxylation is 1. The number of hydrogen-bond acceptors (Lipinski definition) is 6. The van der Waals surface area contributed by atoms with Crippen molar-refractivity contribution in [1.82, 2.24) is 9.66 Å². The van der Waals surface area contributed by atoms with Crippen molar-refractivity contribution in [3.8, 4) is 5.75 Å². The van der Waals surface area contributed by atoms with Gasteiger partial charge >= 0.3 is 0 Å². The van der Waals surface area contributed by atoms with E-state index in [9.17, 15) is 14.9 Å². The van der Waals surface area contributed by atoms with E-state index in [1.165, 1.54) is 16.8 Å². The molecule has 0 bridgehead atoms. The standard InChI is InChI=1S/C25H21BrN4O4/c1-2-4-24-28-23-12-9-19(26)14-22(23)25(31)29(24)27-15-17-7-10-21(11-8-17)34-16-18-5-3-6-20(13-18)30(32)33/h3,5-15H,2,4,16H2,1H3. The van der Waals surface area contributed by atoms with Crippen molar-refractivity contribution in [2.24, 2.45) is 5.10 Å². The number of halogens is 1. The normalized spacial score (nSPS) is 11.2. The smallest absolute Gasteiger partial charge is 0.282 e. The van der Waals surface area contributed by atoms with Crippen LogP contribution >= 0.6 is 15.9 Å². The van der Waals surface area contributed by atoms with E-state index < -0.39 is 4.92 Å². The zero-order valence-corrected chi connectivity index (χ0v) is 19.9. The van der Waals surface area contributed by atoms with Gasteiger partial charge in [-0.25, -0.2) is 4.98 Å². The van der Waals surface area contributed by atoms with Crippen LogP contribution in [0, 0.1) is 10.1 Å². The molecular formula is C25H21BrN4O4. The number of nitro groups is 1. The molecule has 9 heteroatoms. The van der Waals surface area contributed by atoms with Crippen LogP contribution in [0.1, 0.15) is 30.3 Å². The van der Waals surface area contributed by atoms with Gasteiger partial charge in [0, 0.05) is 23.0 Å². The third-order valence-electron chi connectivity index (χ3n) is 5.08. The predicted octanol–water partition coefficient (Wildman–Crippen LogP) is 5.48. The van der Waals surface area contributed by atoms with Crippen LogP contribution in [0.3, 0.4) is 0 Å². The van der Waals surface area contributed by atoms with Crippen LogP contribution in [0.25, 0.3) is 10.9 Å². The molecule has 1 aromatic heterocycles. The first-order chi connectivity index (χ1) is 16.4. The molecule has 0 atom stereocenters. The fraction of sp³-hybridized carbons (Fsp3) is 0.160. The summed E-state index contributed by atoms with van der Waals surface area (Å²) in [5.74, 6) is 1.22. The highest BCUT2D eigenvalue weighted by atomic mass is 79.9. The molecule has 34 heavy (non-hydrogen) atoms. The van der Waals surface area contributed by atoms with E-state index in [0.717, 1.165) is 16.5 Å². The maximum absolute atomic E-state index is 13.1. The van der Waals surface area contributed by atoms with Crippen LogP contribution in [0.5, 0.6) is 5.75 Å². The average Bonchev–Trinajstić information content (AvgIpc) is 2.84. The number of nitrogens with zero attached hydrogens (tertiary/aromatic N) is 4. The van der Waals surface area contributed by atoms with Gasteiger partial charge in [-0.05, 0) is 60.0 Å². The SMILES string of the molecule is CCCc1nc2ccc(Br)cc2c(=O)n1N=Cc1ccc(OCc2cccc([N+](=O)[O-])c2)cc1. The number of rotatable bonds is 8. The summed E-state index contributed by atoms with van der Waals surface area (Å²) in [6.45, 7) is 2.24. The van der Waals surface area contributed by atoms with Crippen LogP contribution in [0.15, 0.2) is 81.1 Å². The van der Waals surface area contributed by atoms with Gasteiger partial charge in [-0.1, -0.05) is 35.0 Å². The average molecular weight is 521 g/mol. The van der Waals surface area contributed by atoms with Crippen LogP contribution in [-0.4, -0.2) is 20.8 Å². The second kappa shape index (κ2) is 10.4. The molecule has 0 aliphatic carbocycles. The van der Waals surface area contributed by atoms with E-state index in [1.807, 2.05) is 31.2 Å². The van der Waals surface area contributed by atoms with Crippen molar-refractivity contribution in [3.63, 3.8) is 0 Å².